The Labute approximate surface area is 169 Å². The van der Waals surface area contributed by atoms with Gasteiger partial charge in [0.1, 0.15) is 17.3 Å². The summed E-state index contributed by atoms with van der Waals surface area (Å²) < 4.78 is 11.9. The molecule has 29 heavy (non-hydrogen) atoms. The van der Waals surface area contributed by atoms with E-state index in [1.807, 2.05) is 36.5 Å². The lowest BCUT2D eigenvalue weighted by Crippen LogP contribution is -2.34. The summed E-state index contributed by atoms with van der Waals surface area (Å²) in [5, 5.41) is 4.58. The van der Waals surface area contributed by atoms with Crippen molar-refractivity contribution in [2.45, 2.75) is 25.3 Å². The van der Waals surface area contributed by atoms with Crippen LogP contribution in [0.5, 0.6) is 11.5 Å². The van der Waals surface area contributed by atoms with Crippen molar-refractivity contribution in [1.29, 1.82) is 0 Å². The van der Waals surface area contributed by atoms with Crippen LogP contribution in [0.1, 0.15) is 30.1 Å². The second-order valence-electron chi connectivity index (χ2n) is 7.23. The minimum Gasteiger partial charge on any atom is -0.497 e. The van der Waals surface area contributed by atoms with Crippen LogP contribution in [-0.2, 0) is 6.54 Å². The van der Waals surface area contributed by atoms with Gasteiger partial charge >= 0.3 is 5.69 Å². The number of hydrogen-bond donors (Lipinski definition) is 1. The fourth-order valence-corrected chi connectivity index (χ4v) is 3.77. The van der Waals surface area contributed by atoms with Crippen molar-refractivity contribution in [2.75, 3.05) is 27.3 Å². The van der Waals surface area contributed by atoms with E-state index < -0.39 is 0 Å². The van der Waals surface area contributed by atoms with Crippen LogP contribution >= 0.6 is 0 Å². The van der Waals surface area contributed by atoms with E-state index in [1.54, 1.807) is 20.4 Å². The van der Waals surface area contributed by atoms with Gasteiger partial charge in [0.15, 0.2) is 0 Å². The fraction of sp³-hybridized carbons (Fsp3) is 0.381. The van der Waals surface area contributed by atoms with Gasteiger partial charge in [-0.25, -0.2) is 4.79 Å². The molecule has 1 unspecified atom stereocenters. The van der Waals surface area contributed by atoms with E-state index in [0.29, 0.717) is 5.69 Å². The molecule has 1 aliphatic rings. The van der Waals surface area contributed by atoms with Crippen LogP contribution in [0.4, 0.5) is 0 Å². The van der Waals surface area contributed by atoms with Crippen molar-refractivity contribution in [2.24, 2.45) is 0 Å². The van der Waals surface area contributed by atoms with E-state index in [-0.39, 0.29) is 11.6 Å². The van der Waals surface area contributed by atoms with Crippen molar-refractivity contribution in [3.05, 3.63) is 64.6 Å². The normalized spacial score (nSPS) is 17.2. The number of aromatic amines is 1. The van der Waals surface area contributed by atoms with E-state index in [9.17, 15) is 4.79 Å². The number of likely N-dealkylation sites (tertiary alicyclic amines) is 1. The first-order valence-corrected chi connectivity index (χ1v) is 9.70. The molecule has 1 N–H and O–H groups in total. The lowest BCUT2D eigenvalue weighted by Gasteiger charge is -2.31. The van der Waals surface area contributed by atoms with Crippen molar-refractivity contribution >= 4 is 0 Å². The van der Waals surface area contributed by atoms with Gasteiger partial charge in [-0.15, -0.1) is 5.10 Å². The Morgan fingerprint density at radius 3 is 2.69 bits per heavy atom. The van der Waals surface area contributed by atoms with Crippen LogP contribution in [0.15, 0.2) is 47.5 Å². The predicted octanol–water partition coefficient (Wildman–Crippen LogP) is 2.35. The first-order chi connectivity index (χ1) is 14.2. The molecule has 8 heteroatoms. The van der Waals surface area contributed by atoms with Crippen LogP contribution in [0.25, 0.3) is 5.69 Å². The summed E-state index contributed by atoms with van der Waals surface area (Å²) in [6, 6.07) is 9.31. The number of piperidine rings is 1. The Bertz CT molecular complexity index is 1010. The number of hydrogen-bond acceptors (Lipinski definition) is 6. The van der Waals surface area contributed by atoms with E-state index in [2.05, 4.69) is 20.0 Å². The number of benzene rings is 1. The highest BCUT2D eigenvalue weighted by molar-refractivity contribution is 5.36. The Morgan fingerprint density at radius 1 is 1.14 bits per heavy atom. The van der Waals surface area contributed by atoms with Crippen molar-refractivity contribution in [3.8, 4) is 17.2 Å². The van der Waals surface area contributed by atoms with Gasteiger partial charge in [-0.2, -0.15) is 4.68 Å². The number of ether oxygens (including phenoxy) is 2. The summed E-state index contributed by atoms with van der Waals surface area (Å²) in [6.07, 6.45) is 5.63. The van der Waals surface area contributed by atoms with Crippen LogP contribution in [-0.4, -0.2) is 52.0 Å². The third kappa shape index (κ3) is 4.32. The summed E-state index contributed by atoms with van der Waals surface area (Å²) in [7, 11) is 3.26. The number of rotatable bonds is 6. The smallest absolute Gasteiger partial charge is 0.348 e. The standard InChI is InChI=1S/C21H25N5O3/c1-28-18-7-5-17(6-8-18)26-21(27)23-20(24-26)16-4-3-9-25(14-16)13-15-10-19(29-2)12-22-11-15/h5-8,10-12,16H,3-4,9,13-14H2,1-2H3,(H,23,24,27). The molecule has 4 rings (SSSR count). The zero-order valence-corrected chi connectivity index (χ0v) is 16.7. The molecule has 1 aliphatic heterocycles. The largest absolute Gasteiger partial charge is 0.497 e. The van der Waals surface area contributed by atoms with Gasteiger partial charge in [-0.3, -0.25) is 14.9 Å². The van der Waals surface area contributed by atoms with E-state index >= 15 is 0 Å². The summed E-state index contributed by atoms with van der Waals surface area (Å²) >= 11 is 0. The van der Waals surface area contributed by atoms with E-state index in [4.69, 9.17) is 9.47 Å². The summed E-state index contributed by atoms with van der Waals surface area (Å²) in [5.74, 6) is 2.43. The van der Waals surface area contributed by atoms with Crippen molar-refractivity contribution in [3.63, 3.8) is 0 Å². The number of aromatic nitrogens is 4. The summed E-state index contributed by atoms with van der Waals surface area (Å²) in [6.45, 7) is 2.65. The van der Waals surface area contributed by atoms with Gasteiger partial charge < -0.3 is 9.47 Å². The van der Waals surface area contributed by atoms with Gasteiger partial charge in [0.05, 0.1) is 26.1 Å². The monoisotopic (exact) mass is 395 g/mol. The predicted molar refractivity (Wildman–Crippen MR) is 109 cm³/mol. The Balaban J connectivity index is 1.48. The topological polar surface area (TPSA) is 85.3 Å². The highest BCUT2D eigenvalue weighted by Crippen LogP contribution is 2.26. The van der Waals surface area contributed by atoms with Crippen LogP contribution in [0.2, 0.25) is 0 Å². The SMILES string of the molecule is COc1ccc(-n2nc(C3CCCN(Cc4cncc(OC)c4)C3)[nH]c2=O)cc1. The van der Waals surface area contributed by atoms with Gasteiger partial charge in [-0.1, -0.05) is 0 Å². The first-order valence-electron chi connectivity index (χ1n) is 9.70. The molecule has 0 radical (unpaired) electrons. The summed E-state index contributed by atoms with van der Waals surface area (Å²) in [5.41, 5.74) is 1.61. The molecule has 1 aromatic carbocycles. The molecule has 0 spiro atoms. The maximum atomic E-state index is 12.5. The Hall–Kier alpha value is -3.13. The van der Waals surface area contributed by atoms with Gasteiger partial charge in [0.2, 0.25) is 0 Å². The third-order valence-electron chi connectivity index (χ3n) is 5.26. The first kappa shape index (κ1) is 19.2. The molecule has 0 amide bonds. The van der Waals surface area contributed by atoms with Gasteiger partial charge in [-0.05, 0) is 55.3 Å². The third-order valence-corrected chi connectivity index (χ3v) is 5.26. The average Bonchev–Trinajstić information content (AvgIpc) is 3.16. The van der Waals surface area contributed by atoms with Crippen molar-refractivity contribution in [1.82, 2.24) is 24.6 Å². The fourth-order valence-electron chi connectivity index (χ4n) is 3.77. The minimum absolute atomic E-state index is 0.189. The molecule has 1 atom stereocenters. The van der Waals surface area contributed by atoms with Gasteiger partial charge in [0, 0.05) is 25.2 Å². The maximum Gasteiger partial charge on any atom is 0.348 e. The maximum absolute atomic E-state index is 12.5. The van der Waals surface area contributed by atoms with Crippen LogP contribution in [0, 0.1) is 0 Å². The highest BCUT2D eigenvalue weighted by atomic mass is 16.5. The molecule has 0 saturated carbocycles. The molecular weight excluding hydrogens is 370 g/mol. The number of H-pyrrole nitrogens is 1. The molecule has 3 heterocycles. The lowest BCUT2D eigenvalue weighted by atomic mass is 9.97. The zero-order valence-electron chi connectivity index (χ0n) is 16.7. The van der Waals surface area contributed by atoms with E-state index in [0.717, 1.165) is 55.4 Å². The second-order valence-corrected chi connectivity index (χ2v) is 7.23. The van der Waals surface area contributed by atoms with E-state index in [1.165, 1.54) is 4.68 Å². The number of methoxy groups -OCH3 is 2. The molecular formula is C21H25N5O3. The number of pyridine rings is 1. The molecule has 3 aromatic rings. The second kappa shape index (κ2) is 8.48. The lowest BCUT2D eigenvalue weighted by molar-refractivity contribution is 0.196. The molecule has 2 aromatic heterocycles. The quantitative estimate of drug-likeness (QED) is 0.690. The average molecular weight is 395 g/mol. The molecule has 1 fully saturated rings. The number of nitrogens with zero attached hydrogens (tertiary/aromatic N) is 4. The van der Waals surface area contributed by atoms with Gasteiger partial charge in [0.25, 0.3) is 0 Å². The molecule has 1 saturated heterocycles. The molecule has 152 valence electrons. The highest BCUT2D eigenvalue weighted by Gasteiger charge is 2.25. The molecule has 0 aliphatic carbocycles. The zero-order chi connectivity index (χ0) is 20.2. The molecule has 8 nitrogen and oxygen atoms in total. The molecule has 0 bridgehead atoms. The Kier molecular flexibility index (Phi) is 5.62. The number of nitrogens with one attached hydrogen (secondary N) is 1. The van der Waals surface area contributed by atoms with Crippen LogP contribution in [0.3, 0.4) is 0 Å². The Morgan fingerprint density at radius 2 is 1.93 bits per heavy atom. The van der Waals surface area contributed by atoms with Crippen LogP contribution < -0.4 is 15.2 Å². The minimum atomic E-state index is -0.223. The summed E-state index contributed by atoms with van der Waals surface area (Å²) in [4.78, 5) is 22.0. The van der Waals surface area contributed by atoms with Crippen molar-refractivity contribution < 1.29 is 9.47 Å².